The van der Waals surface area contributed by atoms with Crippen LogP contribution in [0.25, 0.3) is 0 Å². The highest BCUT2D eigenvalue weighted by atomic mass is 35.5. The molecule has 0 saturated heterocycles. The zero-order valence-corrected chi connectivity index (χ0v) is 7.49. The van der Waals surface area contributed by atoms with Gasteiger partial charge in [-0.3, -0.25) is 4.79 Å². The molecule has 0 saturated carbocycles. The van der Waals surface area contributed by atoms with Gasteiger partial charge in [-0.15, -0.1) is 11.6 Å². The van der Waals surface area contributed by atoms with E-state index in [1.807, 2.05) is 0 Å². The van der Waals surface area contributed by atoms with E-state index in [2.05, 4.69) is 5.32 Å². The molecule has 0 aromatic heterocycles. The van der Waals surface area contributed by atoms with Crippen molar-refractivity contribution in [3.05, 3.63) is 28.8 Å². The molecule has 1 aromatic carbocycles. The zero-order chi connectivity index (χ0) is 8.72. The quantitative estimate of drug-likeness (QED) is 0.643. The summed E-state index contributed by atoms with van der Waals surface area (Å²) in [5, 5.41) is 2.52. The third kappa shape index (κ3) is 0.993. The average molecular weight is 202 g/mol. The number of hydrogen-bond donors (Lipinski definition) is 1. The lowest BCUT2D eigenvalue weighted by molar-refractivity contribution is -0.115. The molecule has 1 atom stereocenters. The minimum Gasteiger partial charge on any atom is -0.324 e. The number of halogens is 2. The van der Waals surface area contributed by atoms with Crippen molar-refractivity contribution in [2.45, 2.75) is 5.38 Å². The fourth-order valence-electron chi connectivity index (χ4n) is 1.23. The minimum absolute atomic E-state index is 0.209. The topological polar surface area (TPSA) is 29.1 Å². The Labute approximate surface area is 79.5 Å². The summed E-state index contributed by atoms with van der Waals surface area (Å²) in [4.78, 5) is 11.1. The van der Waals surface area contributed by atoms with Crippen LogP contribution in [0.4, 0.5) is 5.69 Å². The molecule has 1 aliphatic heterocycles. The van der Waals surface area contributed by atoms with Crippen LogP contribution in [-0.2, 0) is 4.79 Å². The van der Waals surface area contributed by atoms with Gasteiger partial charge in [-0.1, -0.05) is 17.7 Å². The number of anilines is 1. The maximum absolute atomic E-state index is 11.1. The molecule has 4 heteroatoms. The van der Waals surface area contributed by atoms with Crippen molar-refractivity contribution in [3.8, 4) is 0 Å². The van der Waals surface area contributed by atoms with Crippen molar-refractivity contribution in [2.75, 3.05) is 5.32 Å². The second-order valence-electron chi connectivity index (χ2n) is 2.55. The summed E-state index contributed by atoms with van der Waals surface area (Å²) in [5.41, 5.74) is 1.40. The van der Waals surface area contributed by atoms with Crippen LogP contribution in [0.5, 0.6) is 0 Å². The molecule has 12 heavy (non-hydrogen) atoms. The predicted molar refractivity (Wildman–Crippen MR) is 48.7 cm³/mol. The zero-order valence-electron chi connectivity index (χ0n) is 5.97. The van der Waals surface area contributed by atoms with E-state index in [0.29, 0.717) is 16.3 Å². The molecule has 0 fully saturated rings. The van der Waals surface area contributed by atoms with Gasteiger partial charge in [0, 0.05) is 16.3 Å². The molecule has 0 radical (unpaired) electrons. The molecule has 1 unspecified atom stereocenters. The fourth-order valence-corrected chi connectivity index (χ4v) is 1.86. The van der Waals surface area contributed by atoms with Crippen LogP contribution in [-0.4, -0.2) is 5.91 Å². The number of alkyl halides is 1. The van der Waals surface area contributed by atoms with Crippen molar-refractivity contribution < 1.29 is 4.79 Å². The van der Waals surface area contributed by atoms with Gasteiger partial charge in [0.15, 0.2) is 0 Å². The van der Waals surface area contributed by atoms with Gasteiger partial charge < -0.3 is 5.32 Å². The van der Waals surface area contributed by atoms with Gasteiger partial charge in [0.25, 0.3) is 0 Å². The molecule has 62 valence electrons. The van der Waals surface area contributed by atoms with Crippen LogP contribution in [0.15, 0.2) is 18.2 Å². The summed E-state index contributed by atoms with van der Waals surface area (Å²) in [5.74, 6) is -0.209. The van der Waals surface area contributed by atoms with Gasteiger partial charge in [-0.05, 0) is 12.1 Å². The molecular formula is C8H5Cl2NO. The highest BCUT2D eigenvalue weighted by molar-refractivity contribution is 6.39. The number of rotatable bonds is 0. The third-order valence-electron chi connectivity index (χ3n) is 1.79. The number of carbonyl (C=O) groups excluding carboxylic acids is 1. The largest absolute Gasteiger partial charge is 0.324 e. The van der Waals surface area contributed by atoms with Gasteiger partial charge in [0.2, 0.25) is 5.91 Å². The van der Waals surface area contributed by atoms with E-state index in [-0.39, 0.29) is 5.91 Å². The van der Waals surface area contributed by atoms with Crippen LogP contribution < -0.4 is 5.32 Å². The number of hydrogen-bond acceptors (Lipinski definition) is 1. The van der Waals surface area contributed by atoms with Crippen molar-refractivity contribution >= 4 is 34.8 Å². The molecule has 0 bridgehead atoms. The molecule has 1 N–H and O–H groups in total. The number of nitrogens with one attached hydrogen (secondary N) is 1. The average Bonchev–Trinajstić information content (AvgIpc) is 2.29. The highest BCUT2D eigenvalue weighted by Crippen LogP contribution is 2.39. The number of amides is 1. The second kappa shape index (κ2) is 2.64. The van der Waals surface area contributed by atoms with Gasteiger partial charge in [0.1, 0.15) is 5.38 Å². The summed E-state index contributed by atoms with van der Waals surface area (Å²) in [6.07, 6.45) is 0. The lowest BCUT2D eigenvalue weighted by Crippen LogP contribution is -2.06. The van der Waals surface area contributed by atoms with E-state index >= 15 is 0 Å². The van der Waals surface area contributed by atoms with Crippen LogP contribution >= 0.6 is 23.2 Å². The smallest absolute Gasteiger partial charge is 0.247 e. The molecule has 2 rings (SSSR count). The van der Waals surface area contributed by atoms with Crippen molar-refractivity contribution in [3.63, 3.8) is 0 Å². The van der Waals surface area contributed by atoms with E-state index in [9.17, 15) is 4.79 Å². The number of carbonyl (C=O) groups is 1. The van der Waals surface area contributed by atoms with E-state index in [1.54, 1.807) is 18.2 Å². The van der Waals surface area contributed by atoms with Gasteiger partial charge in [0.05, 0.1) is 0 Å². The third-order valence-corrected chi connectivity index (χ3v) is 2.54. The molecule has 2 nitrogen and oxygen atoms in total. The molecule has 0 aliphatic carbocycles. The molecular weight excluding hydrogens is 197 g/mol. The first-order chi connectivity index (χ1) is 5.70. The van der Waals surface area contributed by atoms with E-state index in [4.69, 9.17) is 23.2 Å². The summed E-state index contributed by atoms with van der Waals surface area (Å²) in [6, 6.07) is 5.27. The summed E-state index contributed by atoms with van der Waals surface area (Å²) < 4.78 is 0. The van der Waals surface area contributed by atoms with Crippen molar-refractivity contribution in [1.82, 2.24) is 0 Å². The SMILES string of the molecule is O=C1Nc2cccc(Cl)c2C1Cl. The number of benzene rings is 1. The molecule has 1 aromatic rings. The predicted octanol–water partition coefficient (Wildman–Crippen LogP) is 2.57. The monoisotopic (exact) mass is 201 g/mol. The van der Waals surface area contributed by atoms with E-state index < -0.39 is 5.38 Å². The molecule has 1 amide bonds. The van der Waals surface area contributed by atoms with Gasteiger partial charge in [-0.25, -0.2) is 0 Å². The Morgan fingerprint density at radius 2 is 2.17 bits per heavy atom. The lowest BCUT2D eigenvalue weighted by Gasteiger charge is -2.00. The standard InChI is InChI=1S/C8H5Cl2NO/c9-4-2-1-3-5-6(4)7(10)8(12)11-5/h1-3,7H,(H,11,12). The Bertz CT molecular complexity index is 351. The maximum Gasteiger partial charge on any atom is 0.247 e. The molecule has 1 heterocycles. The summed E-state index contributed by atoms with van der Waals surface area (Å²) in [7, 11) is 0. The Morgan fingerprint density at radius 1 is 1.42 bits per heavy atom. The lowest BCUT2D eigenvalue weighted by atomic mass is 10.1. The highest BCUT2D eigenvalue weighted by Gasteiger charge is 2.30. The maximum atomic E-state index is 11.1. The van der Waals surface area contributed by atoms with E-state index in [1.165, 1.54) is 0 Å². The minimum atomic E-state index is -0.645. The van der Waals surface area contributed by atoms with Crippen molar-refractivity contribution in [1.29, 1.82) is 0 Å². The fraction of sp³-hybridized carbons (Fsp3) is 0.125. The first-order valence-corrected chi connectivity index (χ1v) is 4.25. The van der Waals surface area contributed by atoms with E-state index in [0.717, 1.165) is 0 Å². The van der Waals surface area contributed by atoms with Crippen LogP contribution in [0.2, 0.25) is 5.02 Å². The van der Waals surface area contributed by atoms with Crippen molar-refractivity contribution in [2.24, 2.45) is 0 Å². The Morgan fingerprint density at radius 3 is 2.83 bits per heavy atom. The first-order valence-electron chi connectivity index (χ1n) is 3.43. The summed E-state index contributed by atoms with van der Waals surface area (Å²) in [6.45, 7) is 0. The normalized spacial score (nSPS) is 20.5. The van der Waals surface area contributed by atoms with Crippen LogP contribution in [0.1, 0.15) is 10.9 Å². The molecule has 0 spiro atoms. The first kappa shape index (κ1) is 7.90. The van der Waals surface area contributed by atoms with Crippen LogP contribution in [0, 0.1) is 0 Å². The Hall–Kier alpha value is -0.730. The number of fused-ring (bicyclic) bond motifs is 1. The van der Waals surface area contributed by atoms with Crippen LogP contribution in [0.3, 0.4) is 0 Å². The Balaban J connectivity index is 2.62. The Kier molecular flexibility index (Phi) is 1.74. The molecule has 1 aliphatic rings. The second-order valence-corrected chi connectivity index (χ2v) is 3.40. The van der Waals surface area contributed by atoms with Gasteiger partial charge in [-0.2, -0.15) is 0 Å². The summed E-state index contributed by atoms with van der Waals surface area (Å²) >= 11 is 11.7. The van der Waals surface area contributed by atoms with Gasteiger partial charge >= 0.3 is 0 Å².